The molecular weight excluding hydrogens is 306 g/mol. The van der Waals surface area contributed by atoms with E-state index in [1.807, 2.05) is 54.6 Å². The predicted molar refractivity (Wildman–Crippen MR) is 76.7 cm³/mol. The Hall–Kier alpha value is -1.65. The molecule has 1 unspecified atom stereocenters. The van der Waals surface area contributed by atoms with Gasteiger partial charge in [-0.2, -0.15) is 0 Å². The van der Waals surface area contributed by atoms with Crippen molar-refractivity contribution in [3.05, 3.63) is 70.2 Å². The quantitative estimate of drug-likeness (QED) is 0.922. The minimum absolute atomic E-state index is 0.346. The van der Waals surface area contributed by atoms with E-state index >= 15 is 0 Å². The van der Waals surface area contributed by atoms with E-state index in [9.17, 15) is 5.11 Å². The Kier molecular flexibility index (Phi) is 3.12. The van der Waals surface area contributed by atoms with Crippen LogP contribution in [0.5, 0.6) is 0 Å². The number of halogens is 1. The van der Waals surface area contributed by atoms with E-state index in [1.165, 1.54) is 0 Å². The molecule has 0 aromatic heterocycles. The average Bonchev–Trinajstić information content (AvgIpc) is 2.85. The highest BCUT2D eigenvalue weighted by atomic mass is 79.9. The van der Waals surface area contributed by atoms with Gasteiger partial charge in [0.1, 0.15) is 0 Å². The van der Waals surface area contributed by atoms with Gasteiger partial charge in [-0.05, 0) is 17.7 Å². The van der Waals surface area contributed by atoms with Crippen molar-refractivity contribution in [1.82, 2.24) is 0 Å². The van der Waals surface area contributed by atoms with E-state index in [1.54, 1.807) is 0 Å². The minimum Gasteiger partial charge on any atom is -0.355 e. The Bertz CT molecular complexity index is 610. The molecule has 3 nitrogen and oxygen atoms in total. The SMILES string of the molecule is OC1(c2ccccc2)CC(c2ccc(Br)cc2)=NO1. The highest BCUT2D eigenvalue weighted by Crippen LogP contribution is 2.33. The summed E-state index contributed by atoms with van der Waals surface area (Å²) in [5.41, 5.74) is 2.42. The highest BCUT2D eigenvalue weighted by molar-refractivity contribution is 9.10. The molecule has 0 amide bonds. The van der Waals surface area contributed by atoms with Crippen molar-refractivity contribution < 1.29 is 9.94 Å². The first kappa shape index (κ1) is 12.4. The van der Waals surface area contributed by atoms with E-state index < -0.39 is 5.79 Å². The van der Waals surface area contributed by atoms with Crippen molar-refractivity contribution in [3.8, 4) is 0 Å². The largest absolute Gasteiger partial charge is 0.355 e. The van der Waals surface area contributed by atoms with Gasteiger partial charge in [0.15, 0.2) is 0 Å². The van der Waals surface area contributed by atoms with Crippen LogP contribution in [-0.4, -0.2) is 10.8 Å². The molecule has 2 aromatic carbocycles. The molecule has 1 aliphatic rings. The zero-order chi connectivity index (χ0) is 13.3. The standard InChI is InChI=1S/C15H12BrNO2/c16-13-8-6-11(7-9-13)14-10-15(18,19-17-14)12-4-2-1-3-5-12/h1-9,18H,10H2. The van der Waals surface area contributed by atoms with Crippen molar-refractivity contribution in [2.75, 3.05) is 0 Å². The van der Waals surface area contributed by atoms with Crippen LogP contribution in [0.2, 0.25) is 0 Å². The lowest BCUT2D eigenvalue weighted by Gasteiger charge is -2.19. The van der Waals surface area contributed by atoms with E-state index in [2.05, 4.69) is 21.1 Å². The third-order valence-corrected chi connectivity index (χ3v) is 3.64. The first-order chi connectivity index (χ1) is 9.17. The number of hydrogen-bond acceptors (Lipinski definition) is 3. The van der Waals surface area contributed by atoms with E-state index in [0.29, 0.717) is 12.0 Å². The first-order valence-corrected chi connectivity index (χ1v) is 6.76. The molecule has 1 atom stereocenters. The van der Waals surface area contributed by atoms with Crippen LogP contribution in [-0.2, 0) is 10.6 Å². The summed E-state index contributed by atoms with van der Waals surface area (Å²) in [5.74, 6) is -1.36. The fourth-order valence-electron chi connectivity index (χ4n) is 2.07. The summed E-state index contributed by atoms with van der Waals surface area (Å²) >= 11 is 3.39. The number of rotatable bonds is 2. The lowest BCUT2D eigenvalue weighted by atomic mass is 9.97. The molecular formula is C15H12BrNO2. The zero-order valence-electron chi connectivity index (χ0n) is 10.1. The van der Waals surface area contributed by atoms with Crippen LogP contribution in [0, 0.1) is 0 Å². The normalized spacial score (nSPS) is 21.9. The summed E-state index contributed by atoms with van der Waals surface area (Å²) in [4.78, 5) is 5.26. The summed E-state index contributed by atoms with van der Waals surface area (Å²) in [6, 6.07) is 17.1. The maximum absolute atomic E-state index is 10.5. The van der Waals surface area contributed by atoms with Crippen molar-refractivity contribution in [2.45, 2.75) is 12.2 Å². The molecule has 19 heavy (non-hydrogen) atoms. The Balaban J connectivity index is 1.85. The molecule has 1 heterocycles. The lowest BCUT2D eigenvalue weighted by Crippen LogP contribution is -2.25. The molecule has 0 fully saturated rings. The smallest absolute Gasteiger partial charge is 0.266 e. The Labute approximate surface area is 119 Å². The number of benzene rings is 2. The number of nitrogens with zero attached hydrogens (tertiary/aromatic N) is 1. The highest BCUT2D eigenvalue weighted by Gasteiger charge is 2.39. The molecule has 3 rings (SSSR count). The lowest BCUT2D eigenvalue weighted by molar-refractivity contribution is -0.193. The summed E-state index contributed by atoms with van der Waals surface area (Å²) in [7, 11) is 0. The summed E-state index contributed by atoms with van der Waals surface area (Å²) in [5, 5.41) is 14.5. The van der Waals surface area contributed by atoms with Gasteiger partial charge in [-0.15, -0.1) is 0 Å². The molecule has 4 heteroatoms. The van der Waals surface area contributed by atoms with Gasteiger partial charge in [-0.25, -0.2) is 0 Å². The van der Waals surface area contributed by atoms with E-state index in [-0.39, 0.29) is 0 Å². The molecule has 96 valence electrons. The van der Waals surface area contributed by atoms with Crippen LogP contribution >= 0.6 is 15.9 Å². The van der Waals surface area contributed by atoms with Crippen LogP contribution < -0.4 is 0 Å². The third-order valence-electron chi connectivity index (χ3n) is 3.12. The number of aliphatic hydroxyl groups is 1. The van der Waals surface area contributed by atoms with Gasteiger partial charge in [0.2, 0.25) is 0 Å². The molecule has 1 N–H and O–H groups in total. The maximum Gasteiger partial charge on any atom is 0.266 e. The Morgan fingerprint density at radius 3 is 2.42 bits per heavy atom. The van der Waals surface area contributed by atoms with Gasteiger partial charge >= 0.3 is 0 Å². The molecule has 0 radical (unpaired) electrons. The van der Waals surface area contributed by atoms with Gasteiger partial charge in [-0.3, -0.25) is 0 Å². The van der Waals surface area contributed by atoms with Gasteiger partial charge in [0.25, 0.3) is 5.79 Å². The number of oxime groups is 1. The summed E-state index contributed by atoms with van der Waals surface area (Å²) < 4.78 is 1.01. The topological polar surface area (TPSA) is 41.8 Å². The Morgan fingerprint density at radius 2 is 1.74 bits per heavy atom. The Morgan fingerprint density at radius 1 is 1.05 bits per heavy atom. The fourth-order valence-corrected chi connectivity index (χ4v) is 2.34. The van der Waals surface area contributed by atoms with E-state index in [4.69, 9.17) is 4.84 Å². The summed E-state index contributed by atoms with van der Waals surface area (Å²) in [6.45, 7) is 0. The van der Waals surface area contributed by atoms with Gasteiger partial charge < -0.3 is 9.94 Å². The fraction of sp³-hybridized carbons (Fsp3) is 0.133. The molecule has 0 saturated heterocycles. The average molecular weight is 318 g/mol. The summed E-state index contributed by atoms with van der Waals surface area (Å²) in [6.07, 6.45) is 0.346. The second-order valence-electron chi connectivity index (χ2n) is 4.46. The minimum atomic E-state index is -1.36. The molecule has 0 bridgehead atoms. The van der Waals surface area contributed by atoms with Crippen LogP contribution in [0.15, 0.2) is 64.2 Å². The van der Waals surface area contributed by atoms with Crippen molar-refractivity contribution in [2.24, 2.45) is 5.16 Å². The monoisotopic (exact) mass is 317 g/mol. The van der Waals surface area contributed by atoms with Crippen LogP contribution in [0.4, 0.5) is 0 Å². The number of hydrogen-bond donors (Lipinski definition) is 1. The van der Waals surface area contributed by atoms with Gasteiger partial charge in [-0.1, -0.05) is 63.6 Å². The van der Waals surface area contributed by atoms with Crippen LogP contribution in [0.3, 0.4) is 0 Å². The predicted octanol–water partition coefficient (Wildman–Crippen LogP) is 3.42. The molecule has 2 aromatic rings. The molecule has 1 aliphatic heterocycles. The van der Waals surface area contributed by atoms with Gasteiger partial charge in [0, 0.05) is 10.0 Å². The van der Waals surface area contributed by atoms with Crippen LogP contribution in [0.1, 0.15) is 17.5 Å². The van der Waals surface area contributed by atoms with Crippen LogP contribution in [0.25, 0.3) is 0 Å². The zero-order valence-corrected chi connectivity index (χ0v) is 11.7. The van der Waals surface area contributed by atoms with Gasteiger partial charge in [0.05, 0.1) is 12.1 Å². The second kappa shape index (κ2) is 4.79. The van der Waals surface area contributed by atoms with Crippen molar-refractivity contribution >= 4 is 21.6 Å². The van der Waals surface area contributed by atoms with Crippen molar-refractivity contribution in [3.63, 3.8) is 0 Å². The molecule has 0 saturated carbocycles. The molecule has 0 spiro atoms. The third kappa shape index (κ3) is 2.41. The van der Waals surface area contributed by atoms with E-state index in [0.717, 1.165) is 15.7 Å². The molecule has 0 aliphatic carbocycles. The van der Waals surface area contributed by atoms with Crippen molar-refractivity contribution in [1.29, 1.82) is 0 Å². The second-order valence-corrected chi connectivity index (χ2v) is 5.38. The maximum atomic E-state index is 10.5. The first-order valence-electron chi connectivity index (χ1n) is 5.96.